The van der Waals surface area contributed by atoms with Crippen molar-refractivity contribution < 1.29 is 18.7 Å². The zero-order chi connectivity index (χ0) is 18.5. The summed E-state index contributed by atoms with van der Waals surface area (Å²) in [6.45, 7) is 1.61. The molecule has 1 aliphatic rings. The molecule has 3 rings (SSSR count). The molecule has 0 radical (unpaired) electrons. The molecule has 0 aromatic heterocycles. The summed E-state index contributed by atoms with van der Waals surface area (Å²) in [5.41, 5.74) is 0.835. The third-order valence-electron chi connectivity index (χ3n) is 4.21. The molecule has 2 aromatic rings. The van der Waals surface area contributed by atoms with Crippen LogP contribution in [0, 0.1) is 5.82 Å². The maximum absolute atomic E-state index is 13.8. The number of benzene rings is 2. The SMILES string of the molecule is O=C(OCC(=O)N1CCN(c2ccccc2F)CC1)c1cccc(Cl)c1. The largest absolute Gasteiger partial charge is 0.452 e. The van der Waals surface area contributed by atoms with Gasteiger partial charge in [-0.25, -0.2) is 9.18 Å². The summed E-state index contributed by atoms with van der Waals surface area (Å²) in [4.78, 5) is 27.7. The zero-order valence-corrected chi connectivity index (χ0v) is 14.8. The van der Waals surface area contributed by atoms with Gasteiger partial charge in [0.25, 0.3) is 5.91 Å². The predicted molar refractivity (Wildman–Crippen MR) is 96.9 cm³/mol. The minimum Gasteiger partial charge on any atom is -0.452 e. The van der Waals surface area contributed by atoms with Crippen molar-refractivity contribution in [1.29, 1.82) is 0 Å². The molecule has 1 heterocycles. The number of carbonyl (C=O) groups is 2. The monoisotopic (exact) mass is 376 g/mol. The van der Waals surface area contributed by atoms with Crippen molar-refractivity contribution in [2.24, 2.45) is 0 Å². The molecule has 1 fully saturated rings. The van der Waals surface area contributed by atoms with Gasteiger partial charge < -0.3 is 14.5 Å². The van der Waals surface area contributed by atoms with Crippen molar-refractivity contribution in [3.63, 3.8) is 0 Å². The third kappa shape index (κ3) is 4.32. The number of ether oxygens (including phenoxy) is 1. The number of hydrogen-bond donors (Lipinski definition) is 0. The molecule has 136 valence electrons. The lowest BCUT2D eigenvalue weighted by Gasteiger charge is -2.36. The van der Waals surface area contributed by atoms with E-state index in [1.807, 2.05) is 4.90 Å². The van der Waals surface area contributed by atoms with Crippen LogP contribution in [0.1, 0.15) is 10.4 Å². The fourth-order valence-electron chi connectivity index (χ4n) is 2.82. The first-order chi connectivity index (χ1) is 12.5. The number of piperazine rings is 1. The molecule has 0 N–H and O–H groups in total. The number of halogens is 2. The molecule has 1 aliphatic heterocycles. The van der Waals surface area contributed by atoms with Crippen LogP contribution in [-0.4, -0.2) is 49.6 Å². The maximum atomic E-state index is 13.8. The molecule has 1 saturated heterocycles. The highest BCUT2D eigenvalue weighted by molar-refractivity contribution is 6.30. The van der Waals surface area contributed by atoms with E-state index < -0.39 is 5.97 Å². The highest BCUT2D eigenvalue weighted by atomic mass is 35.5. The average Bonchev–Trinajstić information content (AvgIpc) is 2.66. The first-order valence-corrected chi connectivity index (χ1v) is 8.62. The highest BCUT2D eigenvalue weighted by Crippen LogP contribution is 2.20. The van der Waals surface area contributed by atoms with Gasteiger partial charge in [-0.15, -0.1) is 0 Å². The zero-order valence-electron chi connectivity index (χ0n) is 14.0. The fraction of sp³-hybridized carbons (Fsp3) is 0.263. The number of para-hydroxylation sites is 1. The van der Waals surface area contributed by atoms with Crippen LogP contribution >= 0.6 is 11.6 Å². The van der Waals surface area contributed by atoms with E-state index in [2.05, 4.69) is 0 Å². The first-order valence-electron chi connectivity index (χ1n) is 8.24. The van der Waals surface area contributed by atoms with Gasteiger partial charge in [0.1, 0.15) is 5.82 Å². The quantitative estimate of drug-likeness (QED) is 0.770. The number of anilines is 1. The van der Waals surface area contributed by atoms with Gasteiger partial charge in [0.15, 0.2) is 6.61 Å². The number of rotatable bonds is 4. The number of amides is 1. The number of nitrogens with zero attached hydrogens (tertiary/aromatic N) is 2. The van der Waals surface area contributed by atoms with Crippen molar-refractivity contribution in [2.75, 3.05) is 37.7 Å². The van der Waals surface area contributed by atoms with Gasteiger partial charge in [0.05, 0.1) is 11.3 Å². The Morgan fingerprint density at radius 1 is 1.04 bits per heavy atom. The second-order valence-corrected chi connectivity index (χ2v) is 6.34. The smallest absolute Gasteiger partial charge is 0.338 e. The predicted octanol–water partition coefficient (Wildman–Crippen LogP) is 2.98. The Morgan fingerprint density at radius 2 is 1.77 bits per heavy atom. The van der Waals surface area contributed by atoms with Crippen molar-refractivity contribution in [3.8, 4) is 0 Å². The average molecular weight is 377 g/mol. The van der Waals surface area contributed by atoms with Crippen LogP contribution in [0.15, 0.2) is 48.5 Å². The Bertz CT molecular complexity index is 807. The van der Waals surface area contributed by atoms with E-state index in [9.17, 15) is 14.0 Å². The molecule has 0 atom stereocenters. The minimum atomic E-state index is -0.592. The van der Waals surface area contributed by atoms with Gasteiger partial charge in [-0.3, -0.25) is 4.79 Å². The van der Waals surface area contributed by atoms with E-state index in [1.54, 1.807) is 41.3 Å². The van der Waals surface area contributed by atoms with Gasteiger partial charge in [-0.1, -0.05) is 29.8 Å². The van der Waals surface area contributed by atoms with E-state index in [0.717, 1.165) is 0 Å². The number of carbonyl (C=O) groups excluding carboxylic acids is 2. The summed E-state index contributed by atoms with van der Waals surface area (Å²) in [7, 11) is 0. The second-order valence-electron chi connectivity index (χ2n) is 5.91. The lowest BCUT2D eigenvalue weighted by atomic mass is 10.2. The lowest BCUT2D eigenvalue weighted by molar-refractivity contribution is -0.134. The Morgan fingerprint density at radius 3 is 2.46 bits per heavy atom. The number of esters is 1. The van der Waals surface area contributed by atoms with Crippen LogP contribution in [0.25, 0.3) is 0 Å². The first kappa shape index (κ1) is 18.2. The molecule has 1 amide bonds. The maximum Gasteiger partial charge on any atom is 0.338 e. The standard InChI is InChI=1S/C19H18ClFN2O3/c20-15-5-3-4-14(12-15)19(25)26-13-18(24)23-10-8-22(9-11-23)17-7-2-1-6-16(17)21/h1-7,12H,8-11,13H2. The lowest BCUT2D eigenvalue weighted by Crippen LogP contribution is -2.50. The van der Waals surface area contributed by atoms with E-state index in [4.69, 9.17) is 16.3 Å². The molecule has 2 aromatic carbocycles. The van der Waals surface area contributed by atoms with Gasteiger partial charge >= 0.3 is 5.97 Å². The van der Waals surface area contributed by atoms with Crippen LogP contribution in [-0.2, 0) is 9.53 Å². The Hall–Kier alpha value is -2.60. The van der Waals surface area contributed by atoms with Crippen molar-refractivity contribution in [3.05, 3.63) is 64.9 Å². The normalized spacial score (nSPS) is 14.2. The van der Waals surface area contributed by atoms with E-state index in [1.165, 1.54) is 12.1 Å². The summed E-state index contributed by atoms with van der Waals surface area (Å²) >= 11 is 5.83. The van der Waals surface area contributed by atoms with Crippen molar-refractivity contribution in [2.45, 2.75) is 0 Å². The van der Waals surface area contributed by atoms with Gasteiger partial charge in [-0.05, 0) is 30.3 Å². The second kappa shape index (κ2) is 8.19. The van der Waals surface area contributed by atoms with Crippen LogP contribution < -0.4 is 4.90 Å². The van der Waals surface area contributed by atoms with Crippen molar-refractivity contribution in [1.82, 2.24) is 4.90 Å². The molecule has 0 bridgehead atoms. The topological polar surface area (TPSA) is 49.9 Å². The summed E-state index contributed by atoms with van der Waals surface area (Å²) in [5, 5.41) is 0.426. The van der Waals surface area contributed by atoms with E-state index >= 15 is 0 Å². The molecule has 0 saturated carbocycles. The molecule has 7 heteroatoms. The van der Waals surface area contributed by atoms with Crippen LogP contribution in [0.4, 0.5) is 10.1 Å². The summed E-state index contributed by atoms with van der Waals surface area (Å²) < 4.78 is 18.9. The summed E-state index contributed by atoms with van der Waals surface area (Å²) in [5.74, 6) is -1.14. The fourth-order valence-corrected chi connectivity index (χ4v) is 3.01. The molecule has 0 spiro atoms. The molecular formula is C19H18ClFN2O3. The number of hydrogen-bond acceptors (Lipinski definition) is 4. The Balaban J connectivity index is 1.49. The van der Waals surface area contributed by atoms with E-state index in [0.29, 0.717) is 42.5 Å². The third-order valence-corrected chi connectivity index (χ3v) is 4.45. The van der Waals surface area contributed by atoms with Gasteiger partial charge in [-0.2, -0.15) is 0 Å². The Kier molecular flexibility index (Phi) is 5.73. The van der Waals surface area contributed by atoms with Crippen LogP contribution in [0.3, 0.4) is 0 Å². The van der Waals surface area contributed by atoms with Crippen molar-refractivity contribution >= 4 is 29.2 Å². The molecule has 5 nitrogen and oxygen atoms in total. The molecular weight excluding hydrogens is 359 g/mol. The van der Waals surface area contributed by atoms with E-state index in [-0.39, 0.29) is 18.3 Å². The van der Waals surface area contributed by atoms with Gasteiger partial charge in [0.2, 0.25) is 0 Å². The summed E-state index contributed by atoms with van der Waals surface area (Å²) in [6.07, 6.45) is 0. The van der Waals surface area contributed by atoms with Gasteiger partial charge in [0, 0.05) is 31.2 Å². The van der Waals surface area contributed by atoms with Crippen LogP contribution in [0.2, 0.25) is 5.02 Å². The Labute approximate surface area is 155 Å². The highest BCUT2D eigenvalue weighted by Gasteiger charge is 2.23. The minimum absolute atomic E-state index is 0.270. The molecule has 26 heavy (non-hydrogen) atoms. The van der Waals surface area contributed by atoms with Crippen LogP contribution in [0.5, 0.6) is 0 Å². The molecule has 0 aliphatic carbocycles. The molecule has 0 unspecified atom stereocenters. The summed E-state index contributed by atoms with van der Waals surface area (Å²) in [6, 6.07) is 12.9.